The molecule has 1 atom stereocenters. The Hall–Kier alpha value is -3.09. The largest absolute Gasteiger partial charge is 0.351 e. The van der Waals surface area contributed by atoms with Gasteiger partial charge in [-0.1, -0.05) is 49.6 Å². The molecule has 2 aliphatic heterocycles. The van der Waals surface area contributed by atoms with E-state index in [0.717, 1.165) is 49.9 Å². The Morgan fingerprint density at radius 3 is 2.43 bits per heavy atom. The summed E-state index contributed by atoms with van der Waals surface area (Å²) in [5.74, 6) is -0.00464. The summed E-state index contributed by atoms with van der Waals surface area (Å²) in [6.07, 6.45) is 7.65. The number of likely N-dealkylation sites (tertiary alicyclic amines) is 1. The van der Waals surface area contributed by atoms with E-state index in [4.69, 9.17) is 0 Å². The van der Waals surface area contributed by atoms with E-state index in [9.17, 15) is 14.4 Å². The van der Waals surface area contributed by atoms with Crippen molar-refractivity contribution in [3.05, 3.63) is 48.2 Å². The maximum Gasteiger partial charge on any atom is 0.271 e. The van der Waals surface area contributed by atoms with Gasteiger partial charge in [0.25, 0.3) is 5.91 Å². The van der Waals surface area contributed by atoms with Crippen molar-refractivity contribution in [1.29, 1.82) is 0 Å². The van der Waals surface area contributed by atoms with Gasteiger partial charge in [-0.3, -0.25) is 14.4 Å². The number of carbonyl (C=O) groups is 3. The lowest BCUT2D eigenvalue weighted by Crippen LogP contribution is -2.65. The van der Waals surface area contributed by atoms with Crippen molar-refractivity contribution >= 4 is 17.7 Å². The van der Waals surface area contributed by atoms with Crippen molar-refractivity contribution in [3.63, 3.8) is 0 Å². The molecule has 1 saturated carbocycles. The topological polar surface area (TPSA) is 74.7 Å². The molecule has 3 aliphatic rings. The van der Waals surface area contributed by atoms with E-state index < -0.39 is 5.54 Å². The summed E-state index contributed by atoms with van der Waals surface area (Å²) >= 11 is 0. The summed E-state index contributed by atoms with van der Waals surface area (Å²) in [6.45, 7) is 4.17. The number of fused-ring (bicyclic) bond motifs is 1. The summed E-state index contributed by atoms with van der Waals surface area (Å²) in [4.78, 5) is 43.3. The molecule has 2 fully saturated rings. The summed E-state index contributed by atoms with van der Waals surface area (Å²) in [5.41, 5.74) is 1.60. The Kier molecular flexibility index (Phi) is 6.67. The molecule has 0 spiro atoms. The van der Waals surface area contributed by atoms with Gasteiger partial charge in [0, 0.05) is 37.8 Å². The number of nitrogens with zero attached hydrogens (tertiary/aromatic N) is 3. The molecule has 1 aromatic carbocycles. The molecule has 1 aromatic heterocycles. The van der Waals surface area contributed by atoms with E-state index in [-0.39, 0.29) is 23.8 Å². The van der Waals surface area contributed by atoms with E-state index in [1.807, 2.05) is 58.9 Å². The predicted molar refractivity (Wildman–Crippen MR) is 135 cm³/mol. The first-order valence-corrected chi connectivity index (χ1v) is 13.1. The molecule has 7 nitrogen and oxygen atoms in total. The Labute approximate surface area is 207 Å². The monoisotopic (exact) mass is 476 g/mol. The van der Waals surface area contributed by atoms with Crippen LogP contribution < -0.4 is 5.32 Å². The normalized spacial score (nSPS) is 23.0. The number of rotatable bonds is 7. The van der Waals surface area contributed by atoms with Crippen molar-refractivity contribution in [2.45, 2.75) is 76.4 Å². The molecule has 3 heterocycles. The van der Waals surface area contributed by atoms with Gasteiger partial charge < -0.3 is 19.7 Å². The molecule has 1 N–H and O–H groups in total. The number of hydrogen-bond donors (Lipinski definition) is 1. The molecular formula is C28H36N4O3. The van der Waals surface area contributed by atoms with Crippen molar-refractivity contribution < 1.29 is 14.4 Å². The Balaban J connectivity index is 1.42. The number of aromatic nitrogens is 1. The molecule has 0 unspecified atom stereocenters. The molecule has 5 rings (SSSR count). The van der Waals surface area contributed by atoms with Crippen molar-refractivity contribution in [3.8, 4) is 11.3 Å². The second-order valence-corrected chi connectivity index (χ2v) is 10.4. The second-order valence-electron chi connectivity index (χ2n) is 10.4. The second kappa shape index (κ2) is 9.88. The third-order valence-electron chi connectivity index (χ3n) is 7.99. The summed E-state index contributed by atoms with van der Waals surface area (Å²) in [5, 5.41) is 3.29. The molecular weight excluding hydrogens is 440 g/mol. The van der Waals surface area contributed by atoms with Gasteiger partial charge in [0.1, 0.15) is 11.2 Å². The highest BCUT2D eigenvalue weighted by Crippen LogP contribution is 2.34. The van der Waals surface area contributed by atoms with Gasteiger partial charge in [-0.15, -0.1) is 0 Å². The van der Waals surface area contributed by atoms with Gasteiger partial charge >= 0.3 is 0 Å². The van der Waals surface area contributed by atoms with Crippen molar-refractivity contribution in [2.24, 2.45) is 0 Å². The number of hydrogen-bond acceptors (Lipinski definition) is 3. The van der Waals surface area contributed by atoms with Crippen LogP contribution in [0.25, 0.3) is 11.3 Å². The van der Waals surface area contributed by atoms with E-state index in [0.29, 0.717) is 38.2 Å². The Bertz CT molecular complexity index is 1090. The minimum Gasteiger partial charge on any atom is -0.351 e. The van der Waals surface area contributed by atoms with Crippen LogP contribution in [0, 0.1) is 0 Å². The van der Waals surface area contributed by atoms with Gasteiger partial charge in [-0.25, -0.2) is 0 Å². The van der Waals surface area contributed by atoms with E-state index in [1.54, 1.807) is 4.90 Å². The van der Waals surface area contributed by atoms with Crippen LogP contribution in [0.15, 0.2) is 42.5 Å². The summed E-state index contributed by atoms with van der Waals surface area (Å²) in [7, 11) is 0. The van der Waals surface area contributed by atoms with Gasteiger partial charge in [-0.05, 0) is 50.3 Å². The third kappa shape index (κ3) is 4.60. The lowest BCUT2D eigenvalue weighted by atomic mass is 9.91. The van der Waals surface area contributed by atoms with Gasteiger partial charge in [0.2, 0.25) is 11.8 Å². The fraction of sp³-hybridized carbons (Fsp3) is 0.536. The van der Waals surface area contributed by atoms with Crippen LogP contribution in [-0.4, -0.2) is 63.3 Å². The number of benzene rings is 1. The van der Waals surface area contributed by atoms with Gasteiger partial charge in [0.15, 0.2) is 0 Å². The van der Waals surface area contributed by atoms with Crippen LogP contribution in [0.1, 0.15) is 68.8 Å². The molecule has 1 aliphatic carbocycles. The molecule has 7 heteroatoms. The average molecular weight is 477 g/mol. The van der Waals surface area contributed by atoms with Crippen LogP contribution in [0.2, 0.25) is 0 Å². The highest BCUT2D eigenvalue weighted by Gasteiger charge is 2.48. The summed E-state index contributed by atoms with van der Waals surface area (Å²) in [6, 6.07) is 14.0. The number of carbonyl (C=O) groups excluding carboxylic acids is 3. The fourth-order valence-electron chi connectivity index (χ4n) is 5.93. The SMILES string of the molecule is C[C@]1(C(=O)NC2CCCCC2)Cn2c(ccc2-c2ccccc2)C(=O)N1CCCN1CCCC1=O. The Morgan fingerprint density at radius 2 is 1.71 bits per heavy atom. The van der Waals surface area contributed by atoms with E-state index in [2.05, 4.69) is 5.32 Å². The van der Waals surface area contributed by atoms with Crippen LogP contribution in [-0.2, 0) is 16.1 Å². The standard InChI is InChI=1S/C28H36N4O3/c1-28(27(35)29-22-12-6-3-7-13-22)20-31-23(21-10-4-2-5-11-21)15-16-24(31)26(34)32(28)19-9-18-30-17-8-14-25(30)33/h2,4-5,10-11,15-16,22H,3,6-9,12-14,17-20H2,1H3,(H,29,35)/t28-/m1/s1. The van der Waals surface area contributed by atoms with Gasteiger partial charge in [0.05, 0.1) is 6.54 Å². The molecule has 2 aromatic rings. The third-order valence-corrected chi connectivity index (χ3v) is 7.99. The van der Waals surface area contributed by atoms with Crippen LogP contribution >= 0.6 is 0 Å². The minimum atomic E-state index is -1.00. The van der Waals surface area contributed by atoms with Crippen LogP contribution in [0.4, 0.5) is 0 Å². The molecule has 3 amide bonds. The lowest BCUT2D eigenvalue weighted by Gasteiger charge is -2.45. The molecule has 35 heavy (non-hydrogen) atoms. The maximum atomic E-state index is 13.8. The number of amides is 3. The van der Waals surface area contributed by atoms with Gasteiger partial charge in [-0.2, -0.15) is 0 Å². The molecule has 1 saturated heterocycles. The highest BCUT2D eigenvalue weighted by atomic mass is 16.2. The number of nitrogens with one attached hydrogen (secondary N) is 1. The lowest BCUT2D eigenvalue weighted by molar-refractivity contribution is -0.134. The first-order valence-electron chi connectivity index (χ1n) is 13.1. The van der Waals surface area contributed by atoms with E-state index >= 15 is 0 Å². The zero-order valence-electron chi connectivity index (χ0n) is 20.7. The summed E-state index contributed by atoms with van der Waals surface area (Å²) < 4.78 is 2.01. The fourth-order valence-corrected chi connectivity index (χ4v) is 5.93. The molecule has 186 valence electrons. The maximum absolute atomic E-state index is 13.8. The highest BCUT2D eigenvalue weighted by molar-refractivity contribution is 6.00. The van der Waals surface area contributed by atoms with E-state index in [1.165, 1.54) is 6.42 Å². The molecule has 0 bridgehead atoms. The van der Waals surface area contributed by atoms with Crippen LogP contribution in [0.3, 0.4) is 0 Å². The van der Waals surface area contributed by atoms with Crippen molar-refractivity contribution in [2.75, 3.05) is 19.6 Å². The first kappa shape index (κ1) is 23.6. The minimum absolute atomic E-state index is 0.0756. The predicted octanol–water partition coefficient (Wildman–Crippen LogP) is 3.83. The van der Waals surface area contributed by atoms with Crippen molar-refractivity contribution in [1.82, 2.24) is 19.7 Å². The average Bonchev–Trinajstić information content (AvgIpc) is 3.48. The molecule has 0 radical (unpaired) electrons. The Morgan fingerprint density at radius 1 is 0.971 bits per heavy atom. The zero-order chi connectivity index (χ0) is 24.4. The van der Waals surface area contributed by atoms with Crippen LogP contribution in [0.5, 0.6) is 0 Å². The first-order chi connectivity index (χ1) is 17.0. The zero-order valence-corrected chi connectivity index (χ0v) is 20.7. The smallest absolute Gasteiger partial charge is 0.271 e. The quantitative estimate of drug-likeness (QED) is 0.660.